The van der Waals surface area contributed by atoms with Crippen molar-refractivity contribution in [3.05, 3.63) is 65.7 Å². The number of benzene rings is 2. The van der Waals surface area contributed by atoms with Crippen LogP contribution in [0.3, 0.4) is 0 Å². The summed E-state index contributed by atoms with van der Waals surface area (Å²) in [7, 11) is -17.1. The van der Waals surface area contributed by atoms with Crippen LogP contribution in [0.1, 0.15) is 163 Å². The molecule has 104 heavy (non-hydrogen) atoms. The van der Waals surface area contributed by atoms with E-state index in [0.717, 1.165) is 11.1 Å². The zero-order chi connectivity index (χ0) is 79.2. The van der Waals surface area contributed by atoms with E-state index in [1.807, 2.05) is 61.5 Å². The number of hydrogen-bond acceptors (Lipinski definition) is 15. The van der Waals surface area contributed by atoms with Crippen molar-refractivity contribution >= 4 is 99.6 Å². The van der Waals surface area contributed by atoms with Gasteiger partial charge in [0.15, 0.2) is 41.6 Å². The van der Waals surface area contributed by atoms with E-state index in [0.29, 0.717) is 18.8 Å². The molecule has 0 radical (unpaired) electrons. The molecule has 4 saturated heterocycles. The van der Waals surface area contributed by atoms with Crippen LogP contribution in [0.2, 0.25) is 109 Å². The van der Waals surface area contributed by atoms with Gasteiger partial charge >= 0.3 is 20.2 Å². The molecule has 4 aliphatic rings. The molecule has 0 bridgehead atoms. The Balaban J connectivity index is 1.58. The number of carbonyl (C=O) groups is 6. The molecule has 586 valence electrons. The van der Waals surface area contributed by atoms with Crippen LogP contribution >= 0.6 is 0 Å². The summed E-state index contributed by atoms with van der Waals surface area (Å²) in [5.41, 5.74) is 1.52. The second-order valence-electron chi connectivity index (χ2n) is 39.3. The average Bonchev–Trinajstić information content (AvgIpc) is 1.57. The first-order valence-electron chi connectivity index (χ1n) is 38.0. The van der Waals surface area contributed by atoms with Gasteiger partial charge in [-0.15, -0.1) is 0 Å². The Morgan fingerprint density at radius 2 is 0.962 bits per heavy atom. The van der Waals surface area contributed by atoms with Crippen LogP contribution in [-0.4, -0.2) is 201 Å². The van der Waals surface area contributed by atoms with Crippen LogP contribution in [0.15, 0.2) is 54.6 Å². The van der Waals surface area contributed by atoms with Crippen LogP contribution in [0.25, 0.3) is 0 Å². The molecule has 0 spiro atoms. The molecule has 0 aliphatic carbocycles. The molecule has 4 aliphatic heterocycles. The van der Waals surface area contributed by atoms with E-state index < -0.39 is 159 Å². The fraction of sp³-hybridized carbons (Fsp3) is 0.760. The fourth-order valence-electron chi connectivity index (χ4n) is 11.6. The SMILES string of the molecule is CC1CN(C(=O)C(NC(=O)C(NC(=O)C2CC(O[Si](C)(C)C(C)(C)C)CN2C(=O)C(NC(=O)OCc2ccccc2)C(C)O[Si](C)(C)C(C)(C)C)C(Cc2ccc(O[Si](C)(C)C(C)(C)C)cc2)O[Si](C)(C)C(C)(C)C)C(C)O[Si](C)(C)C(C)(C)C)C(C(=O)N(B2CO2)B2CO2)C1O[Si](C)(C)C(C)(C)C. The van der Waals surface area contributed by atoms with Crippen LogP contribution in [0.5, 0.6) is 5.75 Å². The topological polar surface area (TPSA) is 238 Å². The van der Waals surface area contributed by atoms with Crippen molar-refractivity contribution in [1.82, 2.24) is 30.5 Å². The van der Waals surface area contributed by atoms with Crippen LogP contribution in [-0.2, 0) is 73.2 Å². The van der Waals surface area contributed by atoms with Gasteiger partial charge in [-0.1, -0.05) is 174 Å². The summed E-state index contributed by atoms with van der Waals surface area (Å²) in [6, 6.07) is 10.2. The minimum absolute atomic E-state index is 0.0263. The van der Waals surface area contributed by atoms with Crippen LogP contribution in [0, 0.1) is 5.92 Å². The lowest BCUT2D eigenvalue weighted by molar-refractivity contribution is -0.147. The minimum Gasteiger partial charge on any atom is -0.544 e. The number of likely N-dealkylation sites (tertiary alicyclic amines) is 2. The molecule has 6 rings (SSSR count). The van der Waals surface area contributed by atoms with E-state index in [1.165, 1.54) is 4.90 Å². The largest absolute Gasteiger partial charge is 0.544 e. The Bertz CT molecular complexity index is 3290. The summed E-state index contributed by atoms with van der Waals surface area (Å²) in [5.74, 6) is -2.63. The maximum atomic E-state index is 16.9. The molecule has 0 saturated carbocycles. The summed E-state index contributed by atoms with van der Waals surface area (Å²) in [6.07, 6.45) is -5.18. The molecule has 21 nitrogen and oxygen atoms in total. The van der Waals surface area contributed by atoms with Crippen molar-refractivity contribution in [2.24, 2.45) is 5.92 Å². The van der Waals surface area contributed by atoms with Gasteiger partial charge in [-0.3, -0.25) is 24.0 Å². The number of nitrogens with one attached hydrogen (secondary N) is 3. The molecule has 29 heteroatoms. The standard InChI is InChI=1S/C75H136B2N6O15Si6/c1-50-45-82(62(63(50)98-104(32,33)75(19,20)21)68(88)83(76-48-91-76)77-49-92-77)67(87)59(51(2)93-99(22,23)70(4,5)6)78-65(85)61(58(97-103(30,31)74(16,17)18)43-53-39-41-55(42-40-53)95-101(26,27)72(10,11)12)79-64(84)57-44-56(96-102(28,29)73(13,14)15)46-81(57)66(86)60(52(3)94-100(24,25)71(7,8)9)80-69(89)90-47-54-37-35-34-36-38-54/h34-42,50-52,56-63H,43-49H2,1-33H3,(H,78,85)(H,79,84)(H,80,89). The zero-order valence-corrected chi connectivity index (χ0v) is 76.1. The first-order chi connectivity index (χ1) is 47.0. The fourth-order valence-corrected chi connectivity index (χ4v) is 19.6. The number of carbonyl (C=O) groups excluding carboxylic acids is 6. The molecule has 3 N–H and O–H groups in total. The number of nitrogens with zero attached hydrogens (tertiary/aromatic N) is 3. The predicted octanol–water partition coefficient (Wildman–Crippen LogP) is 14.3. The molecule has 2 aromatic carbocycles. The van der Waals surface area contributed by atoms with E-state index >= 15 is 24.0 Å². The zero-order valence-electron chi connectivity index (χ0n) is 70.1. The van der Waals surface area contributed by atoms with E-state index in [4.69, 9.17) is 40.6 Å². The van der Waals surface area contributed by atoms with Crippen molar-refractivity contribution in [1.29, 1.82) is 0 Å². The first-order valence-corrected chi connectivity index (χ1v) is 55.4. The van der Waals surface area contributed by atoms with Gasteiger partial charge in [0, 0.05) is 25.4 Å². The summed E-state index contributed by atoms with van der Waals surface area (Å²) in [5, 5.41) is 7.72. The third-order valence-electron chi connectivity index (χ3n) is 24.7. The lowest BCUT2D eigenvalue weighted by Crippen LogP contribution is -2.66. The number of alkyl carbamates (subject to hydrolysis) is 1. The number of rotatable bonds is 29. The predicted molar refractivity (Wildman–Crippen MR) is 432 cm³/mol. The number of hydrogen-bond donors (Lipinski definition) is 3. The van der Waals surface area contributed by atoms with Gasteiger partial charge in [0.05, 0.1) is 43.5 Å². The third-order valence-corrected chi connectivity index (χ3v) is 51.7. The normalized spacial score (nSPS) is 21.5. The van der Waals surface area contributed by atoms with Crippen LogP contribution in [0.4, 0.5) is 4.79 Å². The lowest BCUT2D eigenvalue weighted by atomic mass is 9.75. The second-order valence-corrected chi connectivity index (χ2v) is 67.8. The van der Waals surface area contributed by atoms with Crippen LogP contribution < -0.4 is 20.4 Å². The van der Waals surface area contributed by atoms with Crippen molar-refractivity contribution in [3.8, 4) is 5.75 Å². The van der Waals surface area contributed by atoms with Crippen molar-refractivity contribution < 1.29 is 69.4 Å². The van der Waals surface area contributed by atoms with Gasteiger partial charge in [0.25, 0.3) is 0 Å². The van der Waals surface area contributed by atoms with Crippen molar-refractivity contribution in [3.63, 3.8) is 0 Å². The number of ether oxygens (including phenoxy) is 1. The Labute approximate surface area is 633 Å². The van der Waals surface area contributed by atoms with Gasteiger partial charge < -0.3 is 71.1 Å². The molecule has 2 aromatic rings. The van der Waals surface area contributed by atoms with E-state index in [2.05, 4.69) is 219 Å². The van der Waals surface area contributed by atoms with Crippen molar-refractivity contribution in [2.45, 2.75) is 334 Å². The molecule has 6 amide bonds. The lowest BCUT2D eigenvalue weighted by Gasteiger charge is -2.43. The average molecular weight is 1550 g/mol. The smallest absolute Gasteiger partial charge is 0.432 e. The van der Waals surface area contributed by atoms with E-state index in [-0.39, 0.29) is 69.6 Å². The Kier molecular flexibility index (Phi) is 27.8. The Morgan fingerprint density at radius 3 is 1.41 bits per heavy atom. The van der Waals surface area contributed by atoms with Gasteiger partial charge in [-0.25, -0.2) is 4.79 Å². The molecule has 0 aromatic heterocycles. The molecule has 4 heterocycles. The van der Waals surface area contributed by atoms with Crippen molar-refractivity contribution in [2.75, 3.05) is 26.1 Å². The second kappa shape index (κ2) is 32.5. The summed E-state index contributed by atoms with van der Waals surface area (Å²) in [4.78, 5) is 99.1. The van der Waals surface area contributed by atoms with E-state index in [9.17, 15) is 4.79 Å². The van der Waals surface area contributed by atoms with Gasteiger partial charge in [-0.2, -0.15) is 0 Å². The molecular weight excluding hydrogens is 1410 g/mol. The van der Waals surface area contributed by atoms with E-state index in [1.54, 1.807) is 23.5 Å². The van der Waals surface area contributed by atoms with Gasteiger partial charge in [0.1, 0.15) is 42.6 Å². The highest BCUT2D eigenvalue weighted by Crippen LogP contribution is 2.46. The molecule has 4 fully saturated rings. The van der Waals surface area contributed by atoms with Gasteiger partial charge in [0.2, 0.25) is 37.9 Å². The Morgan fingerprint density at radius 1 is 0.529 bits per heavy atom. The quantitative estimate of drug-likeness (QED) is 0.0507. The molecular formula is C75H136B2N6O15Si6. The summed E-state index contributed by atoms with van der Waals surface area (Å²) in [6.45, 7) is 69.9. The Hall–Kier alpha value is -3.99. The maximum absolute atomic E-state index is 16.9. The summed E-state index contributed by atoms with van der Waals surface area (Å²) >= 11 is 0. The van der Waals surface area contributed by atoms with Gasteiger partial charge in [-0.05, 0) is 152 Å². The maximum Gasteiger partial charge on any atom is 0.432 e. The first kappa shape index (κ1) is 88.9. The monoisotopic (exact) mass is 1550 g/mol. The molecule has 11 atom stereocenters. The third kappa shape index (κ3) is 21.9. The number of amides is 6. The highest BCUT2D eigenvalue weighted by Gasteiger charge is 2.60. The minimum atomic E-state index is -2.98. The highest BCUT2D eigenvalue weighted by atomic mass is 28.4. The highest BCUT2D eigenvalue weighted by molar-refractivity contribution is 6.78. The molecule has 11 unspecified atom stereocenters. The summed E-state index contributed by atoms with van der Waals surface area (Å²) < 4.78 is 62.0.